The summed E-state index contributed by atoms with van der Waals surface area (Å²) in [6, 6.07) is 0.0562. The fourth-order valence-corrected chi connectivity index (χ4v) is 3.01. The second kappa shape index (κ2) is 4.62. The molecule has 0 aliphatic heterocycles. The first-order chi connectivity index (χ1) is 6.03. The Balaban J connectivity index is 2.28. The third-order valence-electron chi connectivity index (χ3n) is 2.11. The van der Waals surface area contributed by atoms with Gasteiger partial charge in [0.25, 0.3) is 0 Å². The van der Waals surface area contributed by atoms with Crippen LogP contribution in [0.3, 0.4) is 0 Å². The van der Waals surface area contributed by atoms with E-state index in [0.717, 1.165) is 12.3 Å². The molecule has 1 N–H and O–H groups in total. The van der Waals surface area contributed by atoms with Gasteiger partial charge in [-0.1, -0.05) is 12.8 Å². The lowest BCUT2D eigenvalue weighted by atomic mass is 10.2. The van der Waals surface area contributed by atoms with Crippen molar-refractivity contribution >= 4 is 21.6 Å². The Morgan fingerprint density at radius 2 is 2.15 bits per heavy atom. The average molecular weight is 226 g/mol. The van der Waals surface area contributed by atoms with Crippen LogP contribution in [0.5, 0.6) is 0 Å². The van der Waals surface area contributed by atoms with Crippen LogP contribution in [0, 0.1) is 5.92 Å². The van der Waals surface area contributed by atoms with Crippen molar-refractivity contribution in [2.75, 3.05) is 11.6 Å². The van der Waals surface area contributed by atoms with Crippen molar-refractivity contribution < 1.29 is 8.42 Å². The molecule has 13 heavy (non-hydrogen) atoms. The maximum absolute atomic E-state index is 11.2. The average Bonchev–Trinajstić information content (AvgIpc) is 2.68. The van der Waals surface area contributed by atoms with Crippen molar-refractivity contribution in [3.8, 4) is 0 Å². The Kier molecular flexibility index (Phi) is 4.01. The van der Waals surface area contributed by atoms with Crippen LogP contribution < -0.4 is 4.72 Å². The van der Waals surface area contributed by atoms with Gasteiger partial charge in [-0.15, -0.1) is 11.6 Å². The summed E-state index contributed by atoms with van der Waals surface area (Å²) in [5.41, 5.74) is 0. The molecule has 3 nitrogen and oxygen atoms in total. The van der Waals surface area contributed by atoms with E-state index in [0.29, 0.717) is 0 Å². The zero-order valence-corrected chi connectivity index (χ0v) is 9.37. The molecule has 1 fully saturated rings. The summed E-state index contributed by atoms with van der Waals surface area (Å²) in [6.07, 6.45) is 3.46. The highest BCUT2D eigenvalue weighted by atomic mass is 35.5. The van der Waals surface area contributed by atoms with Gasteiger partial charge in [-0.25, -0.2) is 13.1 Å². The van der Waals surface area contributed by atoms with Gasteiger partial charge in [-0.2, -0.15) is 0 Å². The number of sulfonamides is 1. The quantitative estimate of drug-likeness (QED) is 0.694. The maximum atomic E-state index is 11.2. The molecule has 1 rings (SSSR count). The fraction of sp³-hybridized carbons (Fsp3) is 1.00. The molecule has 78 valence electrons. The predicted molar refractivity (Wildman–Crippen MR) is 54.4 cm³/mol. The molecule has 1 atom stereocenters. The fourth-order valence-electron chi connectivity index (χ4n) is 1.37. The molecule has 0 radical (unpaired) electrons. The molecule has 1 unspecified atom stereocenters. The van der Waals surface area contributed by atoms with Crippen LogP contribution in [0.4, 0.5) is 0 Å². The zero-order valence-electron chi connectivity index (χ0n) is 7.79. The molecule has 0 bridgehead atoms. The highest BCUT2D eigenvalue weighted by molar-refractivity contribution is 7.89. The van der Waals surface area contributed by atoms with Crippen molar-refractivity contribution in [2.45, 2.75) is 32.2 Å². The van der Waals surface area contributed by atoms with Crippen LogP contribution in [-0.2, 0) is 10.0 Å². The van der Waals surface area contributed by atoms with Crippen LogP contribution >= 0.6 is 11.6 Å². The lowest BCUT2D eigenvalue weighted by Crippen LogP contribution is -2.35. The van der Waals surface area contributed by atoms with Gasteiger partial charge in [0.2, 0.25) is 10.0 Å². The molecule has 0 aromatic heterocycles. The number of halogens is 1. The van der Waals surface area contributed by atoms with Crippen LogP contribution in [0.25, 0.3) is 0 Å². The summed E-state index contributed by atoms with van der Waals surface area (Å²) < 4.78 is 25.1. The minimum absolute atomic E-state index is 0.0174. The summed E-state index contributed by atoms with van der Waals surface area (Å²) >= 11 is 5.37. The third kappa shape index (κ3) is 4.84. The lowest BCUT2D eigenvalue weighted by molar-refractivity contribution is 0.531. The number of rotatable bonds is 6. The van der Waals surface area contributed by atoms with Crippen LogP contribution in [0.15, 0.2) is 0 Å². The summed E-state index contributed by atoms with van der Waals surface area (Å²) in [6.45, 7) is 1.91. The largest absolute Gasteiger partial charge is 0.213 e. The number of hydrogen-bond donors (Lipinski definition) is 1. The van der Waals surface area contributed by atoms with E-state index in [1.165, 1.54) is 12.8 Å². The van der Waals surface area contributed by atoms with Gasteiger partial charge in [0, 0.05) is 11.9 Å². The van der Waals surface area contributed by atoms with E-state index in [-0.39, 0.29) is 17.7 Å². The maximum Gasteiger partial charge on any atom is 0.213 e. The van der Waals surface area contributed by atoms with E-state index in [9.17, 15) is 8.42 Å². The zero-order chi connectivity index (χ0) is 9.90. The van der Waals surface area contributed by atoms with E-state index in [1.807, 2.05) is 6.92 Å². The number of alkyl halides is 1. The van der Waals surface area contributed by atoms with Gasteiger partial charge < -0.3 is 0 Å². The molecule has 0 aromatic rings. The second-order valence-corrected chi connectivity index (χ2v) is 5.96. The third-order valence-corrected chi connectivity index (χ3v) is 4.03. The van der Waals surface area contributed by atoms with Crippen molar-refractivity contribution in [3.63, 3.8) is 0 Å². The molecule has 0 amide bonds. The Bertz CT molecular complexity index is 249. The topological polar surface area (TPSA) is 46.2 Å². The molecule has 5 heteroatoms. The van der Waals surface area contributed by atoms with Crippen molar-refractivity contribution in [3.05, 3.63) is 0 Å². The molecule has 1 saturated carbocycles. The molecule has 0 saturated heterocycles. The highest BCUT2D eigenvalue weighted by Gasteiger charge is 2.25. The first kappa shape index (κ1) is 11.3. The molecule has 0 heterocycles. The minimum atomic E-state index is -3.13. The van der Waals surface area contributed by atoms with Gasteiger partial charge in [0.15, 0.2) is 0 Å². The summed E-state index contributed by atoms with van der Waals surface area (Å²) in [4.78, 5) is 0. The van der Waals surface area contributed by atoms with Gasteiger partial charge in [-0.05, 0) is 19.3 Å². The highest BCUT2D eigenvalue weighted by Crippen LogP contribution is 2.33. The lowest BCUT2D eigenvalue weighted by Gasteiger charge is -2.12. The van der Waals surface area contributed by atoms with E-state index < -0.39 is 10.0 Å². The smallest absolute Gasteiger partial charge is 0.212 e. The molecule has 1 aliphatic rings. The number of hydrogen-bond acceptors (Lipinski definition) is 2. The summed E-state index contributed by atoms with van der Waals surface area (Å²) in [5.74, 6) is 0.920. The van der Waals surface area contributed by atoms with Crippen LogP contribution in [-0.4, -0.2) is 26.1 Å². The molecule has 0 spiro atoms. The Morgan fingerprint density at radius 1 is 1.54 bits per heavy atom. The van der Waals surface area contributed by atoms with E-state index in [4.69, 9.17) is 11.6 Å². The monoisotopic (exact) mass is 225 g/mol. The Hall–Kier alpha value is 0.200. The standard InChI is InChI=1S/C8H16ClNO2S/c1-7(6-8-2-3-8)10-13(11,12)5-4-9/h7-8,10H,2-6H2,1H3. The predicted octanol–water partition coefficient (Wildman–Crippen LogP) is 1.33. The number of nitrogens with one attached hydrogen (secondary N) is 1. The van der Waals surface area contributed by atoms with E-state index in [2.05, 4.69) is 4.72 Å². The molecular formula is C8H16ClNO2S. The molecule has 0 aromatic carbocycles. The van der Waals surface area contributed by atoms with Crippen LogP contribution in [0.2, 0.25) is 0 Å². The molecule has 1 aliphatic carbocycles. The van der Waals surface area contributed by atoms with Gasteiger partial charge >= 0.3 is 0 Å². The summed E-state index contributed by atoms with van der Waals surface area (Å²) in [7, 11) is -3.13. The normalized spacial score (nSPS) is 20.2. The van der Waals surface area contributed by atoms with E-state index in [1.54, 1.807) is 0 Å². The first-order valence-corrected chi connectivity index (χ1v) is 6.78. The second-order valence-electron chi connectivity index (χ2n) is 3.71. The molecular weight excluding hydrogens is 210 g/mol. The Morgan fingerprint density at radius 3 is 2.62 bits per heavy atom. The van der Waals surface area contributed by atoms with E-state index >= 15 is 0 Å². The van der Waals surface area contributed by atoms with Crippen molar-refractivity contribution in [1.29, 1.82) is 0 Å². The first-order valence-electron chi connectivity index (χ1n) is 4.59. The SMILES string of the molecule is CC(CC1CC1)NS(=O)(=O)CCCl. The summed E-state index contributed by atoms with van der Waals surface area (Å²) in [5, 5.41) is 0. The van der Waals surface area contributed by atoms with Gasteiger partial charge in [0.05, 0.1) is 5.75 Å². The van der Waals surface area contributed by atoms with Crippen LogP contribution in [0.1, 0.15) is 26.2 Å². The Labute approximate surface area is 84.9 Å². The van der Waals surface area contributed by atoms with Gasteiger partial charge in [-0.3, -0.25) is 0 Å². The minimum Gasteiger partial charge on any atom is -0.212 e. The van der Waals surface area contributed by atoms with Crippen molar-refractivity contribution in [1.82, 2.24) is 4.72 Å². The van der Waals surface area contributed by atoms with Gasteiger partial charge in [0.1, 0.15) is 0 Å². The van der Waals surface area contributed by atoms with Crippen molar-refractivity contribution in [2.24, 2.45) is 5.92 Å².